The van der Waals surface area contributed by atoms with Crippen molar-refractivity contribution in [1.29, 1.82) is 0 Å². The number of hydrogen-bond acceptors (Lipinski definition) is 10. The molecule has 4 aromatic rings. The largest absolute Gasteiger partial charge is 0.449 e. The zero-order valence-electron chi connectivity index (χ0n) is 33.6. The molecule has 298 valence electrons. The maximum absolute atomic E-state index is 12.5. The third kappa shape index (κ3) is 12.3. The quantitative estimate of drug-likeness (QED) is 0.0763. The second-order valence-corrected chi connectivity index (χ2v) is 17.3. The molecule has 2 aliphatic rings. The summed E-state index contributed by atoms with van der Waals surface area (Å²) in [7, 11) is 0. The molecule has 0 amide bonds. The summed E-state index contributed by atoms with van der Waals surface area (Å²) in [5, 5.41) is 0. The number of aryl methyl sites for hydroxylation is 4. The number of ether oxygens (including phenoxy) is 2. The maximum atomic E-state index is 12.5. The van der Waals surface area contributed by atoms with E-state index in [2.05, 4.69) is 132 Å². The first kappa shape index (κ1) is 41.7. The molecule has 0 bridgehead atoms. The van der Waals surface area contributed by atoms with Crippen molar-refractivity contribution in [3.05, 3.63) is 107 Å². The Morgan fingerprint density at radius 2 is 0.893 bits per heavy atom. The zero-order valence-corrected chi connectivity index (χ0v) is 35.3. The van der Waals surface area contributed by atoms with Crippen molar-refractivity contribution < 1.29 is 19.1 Å². The second-order valence-electron chi connectivity index (χ2n) is 15.1. The molecule has 56 heavy (non-hydrogen) atoms. The zero-order chi connectivity index (χ0) is 39.3. The molecular weight excluding hydrogens is 737 g/mol. The second kappa shape index (κ2) is 21.0. The molecular formula is C46H58N4O4S2. The highest BCUT2D eigenvalue weighted by Crippen LogP contribution is 2.39. The van der Waals surface area contributed by atoms with E-state index in [0.717, 1.165) is 78.0 Å². The van der Waals surface area contributed by atoms with Gasteiger partial charge in [0.2, 0.25) is 0 Å². The van der Waals surface area contributed by atoms with Gasteiger partial charge in [-0.2, -0.15) is 0 Å². The summed E-state index contributed by atoms with van der Waals surface area (Å²) in [6, 6.07) is 30.5. The van der Waals surface area contributed by atoms with Crippen LogP contribution in [-0.4, -0.2) is 87.6 Å². The van der Waals surface area contributed by atoms with Gasteiger partial charge in [-0.05, 0) is 88.1 Å². The van der Waals surface area contributed by atoms with Crippen molar-refractivity contribution in [3.63, 3.8) is 0 Å². The summed E-state index contributed by atoms with van der Waals surface area (Å²) >= 11 is 3.66. The molecule has 6 rings (SSSR count). The molecule has 0 N–H and O–H groups in total. The Labute approximate surface area is 342 Å². The Kier molecular flexibility index (Phi) is 15.6. The van der Waals surface area contributed by atoms with Crippen molar-refractivity contribution in [1.82, 2.24) is 9.80 Å². The van der Waals surface area contributed by atoms with Gasteiger partial charge in [0.25, 0.3) is 0 Å². The predicted molar refractivity (Wildman–Crippen MR) is 230 cm³/mol. The Morgan fingerprint density at radius 3 is 1.29 bits per heavy atom. The molecule has 4 aromatic carbocycles. The topological polar surface area (TPSA) is 65.6 Å². The van der Waals surface area contributed by atoms with E-state index in [1.807, 2.05) is 23.5 Å². The lowest BCUT2D eigenvalue weighted by molar-refractivity contribution is -0.150. The van der Waals surface area contributed by atoms with Gasteiger partial charge < -0.3 is 19.3 Å². The van der Waals surface area contributed by atoms with Crippen LogP contribution in [0.1, 0.15) is 60.8 Å². The van der Waals surface area contributed by atoms with Crippen molar-refractivity contribution in [2.45, 2.75) is 85.8 Å². The minimum absolute atomic E-state index is 0.147. The van der Waals surface area contributed by atoms with Gasteiger partial charge in [-0.1, -0.05) is 96.0 Å². The minimum Gasteiger partial charge on any atom is -0.449 e. The van der Waals surface area contributed by atoms with E-state index in [-0.39, 0.29) is 11.9 Å². The molecule has 0 aliphatic carbocycles. The average molecular weight is 795 g/mol. The van der Waals surface area contributed by atoms with Gasteiger partial charge in [0.15, 0.2) is 0 Å². The molecule has 0 radical (unpaired) electrons. The standard InChI is InChI=1S/C46H58N4O4S2/c1-35-19-21-41(37(3)31-35)55-43-15-11-9-13-39(43)49-27-23-47(24-28-49)33-53-45(51)17-7-5-6-8-18-46(52)54-34-48-25-29-50(30-26-48)40-14-10-12-16-44(40)56-42-22-20-36(2)32-38(42)4/h9-16,19-22,31-32H,5-8,17-18,23-30,33-34H2,1-4H3. The first-order chi connectivity index (χ1) is 27.2. The molecule has 0 aromatic heterocycles. The molecule has 0 spiro atoms. The Hall–Kier alpha value is -3.96. The SMILES string of the molecule is Cc1ccc(Sc2ccccc2N2CCN(COC(=O)CCCCCCC(=O)OCN3CCN(c4ccccc4Sc4ccc(C)cc4C)CC3)CC2)c(C)c1. The van der Waals surface area contributed by atoms with Gasteiger partial charge in [0.05, 0.1) is 11.4 Å². The first-order valence-electron chi connectivity index (χ1n) is 20.2. The molecule has 2 saturated heterocycles. The van der Waals surface area contributed by atoms with E-state index < -0.39 is 0 Å². The average Bonchev–Trinajstić information content (AvgIpc) is 3.20. The summed E-state index contributed by atoms with van der Waals surface area (Å²) in [5.74, 6) is -0.295. The van der Waals surface area contributed by atoms with E-state index in [1.165, 1.54) is 53.2 Å². The predicted octanol–water partition coefficient (Wildman–Crippen LogP) is 9.51. The normalized spacial score (nSPS) is 15.2. The van der Waals surface area contributed by atoms with Gasteiger partial charge in [-0.25, -0.2) is 0 Å². The van der Waals surface area contributed by atoms with E-state index in [1.54, 1.807) is 0 Å². The van der Waals surface area contributed by atoms with E-state index in [9.17, 15) is 9.59 Å². The van der Waals surface area contributed by atoms with Crippen molar-refractivity contribution >= 4 is 46.8 Å². The molecule has 10 heteroatoms. The number of unbranched alkanes of at least 4 members (excludes halogenated alkanes) is 3. The van der Waals surface area contributed by atoms with Crippen LogP contribution in [0.5, 0.6) is 0 Å². The molecule has 8 nitrogen and oxygen atoms in total. The fourth-order valence-electron chi connectivity index (χ4n) is 7.27. The molecule has 0 unspecified atom stereocenters. The van der Waals surface area contributed by atoms with Gasteiger partial charge in [-0.3, -0.25) is 19.4 Å². The van der Waals surface area contributed by atoms with E-state index >= 15 is 0 Å². The monoisotopic (exact) mass is 794 g/mol. The number of piperazine rings is 2. The number of rotatable bonds is 17. The van der Waals surface area contributed by atoms with Crippen molar-refractivity contribution in [3.8, 4) is 0 Å². The van der Waals surface area contributed by atoms with Crippen LogP contribution in [0.25, 0.3) is 0 Å². The molecule has 2 heterocycles. The number of esters is 2. The van der Waals surface area contributed by atoms with Crippen LogP contribution in [0.3, 0.4) is 0 Å². The summed E-state index contributed by atoms with van der Waals surface area (Å²) < 4.78 is 11.3. The minimum atomic E-state index is -0.147. The number of hydrogen-bond donors (Lipinski definition) is 0. The van der Waals surface area contributed by atoms with Crippen LogP contribution in [0.2, 0.25) is 0 Å². The van der Waals surface area contributed by atoms with Crippen molar-refractivity contribution in [2.24, 2.45) is 0 Å². The molecule has 2 fully saturated rings. The maximum Gasteiger partial charge on any atom is 0.307 e. The fourth-order valence-corrected chi connectivity index (χ4v) is 9.36. The number of carbonyl (C=O) groups is 2. The van der Waals surface area contributed by atoms with Gasteiger partial charge in [0, 0.05) is 84.8 Å². The number of carbonyl (C=O) groups excluding carboxylic acids is 2. The molecule has 2 aliphatic heterocycles. The third-order valence-electron chi connectivity index (χ3n) is 10.6. The Bertz CT molecular complexity index is 1770. The van der Waals surface area contributed by atoms with Crippen LogP contribution >= 0.6 is 23.5 Å². The van der Waals surface area contributed by atoms with Crippen LogP contribution in [-0.2, 0) is 19.1 Å². The van der Waals surface area contributed by atoms with Gasteiger partial charge in [-0.15, -0.1) is 0 Å². The highest BCUT2D eigenvalue weighted by Gasteiger charge is 2.22. The highest BCUT2D eigenvalue weighted by molar-refractivity contribution is 7.99. The third-order valence-corrected chi connectivity index (χ3v) is 13.1. The number of para-hydroxylation sites is 2. The van der Waals surface area contributed by atoms with E-state index in [4.69, 9.17) is 9.47 Å². The number of anilines is 2. The Morgan fingerprint density at radius 1 is 0.500 bits per heavy atom. The summed E-state index contributed by atoms with van der Waals surface area (Å²) in [6.07, 6.45) is 4.15. The van der Waals surface area contributed by atoms with Gasteiger partial charge in [0.1, 0.15) is 13.5 Å². The Balaban J connectivity index is 0.799. The van der Waals surface area contributed by atoms with Crippen LogP contribution in [0.4, 0.5) is 11.4 Å². The smallest absolute Gasteiger partial charge is 0.307 e. The number of nitrogens with zero attached hydrogens (tertiary/aromatic N) is 4. The lowest BCUT2D eigenvalue weighted by atomic mass is 10.1. The highest BCUT2D eigenvalue weighted by atomic mass is 32.2. The van der Waals surface area contributed by atoms with Crippen LogP contribution < -0.4 is 9.80 Å². The van der Waals surface area contributed by atoms with Crippen LogP contribution in [0.15, 0.2) is 105 Å². The summed E-state index contributed by atoms with van der Waals surface area (Å²) in [4.78, 5) is 39.4. The fraction of sp³-hybridized carbons (Fsp3) is 0.435. The summed E-state index contributed by atoms with van der Waals surface area (Å²) in [6.45, 7) is 16.3. The van der Waals surface area contributed by atoms with E-state index in [0.29, 0.717) is 26.3 Å². The molecule has 0 saturated carbocycles. The van der Waals surface area contributed by atoms with Crippen LogP contribution in [0, 0.1) is 27.7 Å². The van der Waals surface area contributed by atoms with Crippen molar-refractivity contribution in [2.75, 3.05) is 75.6 Å². The number of benzene rings is 4. The lowest BCUT2D eigenvalue weighted by Crippen LogP contribution is -2.47. The molecule has 0 atom stereocenters. The summed E-state index contributed by atoms with van der Waals surface area (Å²) in [5.41, 5.74) is 7.69. The first-order valence-corrected chi connectivity index (χ1v) is 21.8. The van der Waals surface area contributed by atoms with Gasteiger partial charge >= 0.3 is 11.9 Å². The lowest BCUT2D eigenvalue weighted by Gasteiger charge is -2.36.